The molecule has 0 aromatic carbocycles. The molecule has 3 nitrogen and oxygen atoms in total. The van der Waals surface area contributed by atoms with E-state index in [1.54, 1.807) is 0 Å². The van der Waals surface area contributed by atoms with Crippen LogP contribution in [0.2, 0.25) is 18.1 Å². The van der Waals surface area contributed by atoms with Gasteiger partial charge in [-0.2, -0.15) is 0 Å². The molecular formula is C23H42O3Si. The second-order valence-electron chi connectivity index (χ2n) is 7.89. The summed E-state index contributed by atoms with van der Waals surface area (Å²) in [5.41, 5.74) is 3.52. The van der Waals surface area contributed by atoms with Gasteiger partial charge in [0.1, 0.15) is 0 Å². The van der Waals surface area contributed by atoms with Crippen molar-refractivity contribution in [1.82, 2.24) is 0 Å². The molecule has 0 aliphatic rings. The second kappa shape index (κ2) is 13.1. The van der Waals surface area contributed by atoms with Crippen LogP contribution in [-0.4, -0.2) is 25.5 Å². The zero-order valence-electron chi connectivity index (χ0n) is 18.7. The Labute approximate surface area is 168 Å². The summed E-state index contributed by atoms with van der Waals surface area (Å²) in [5, 5.41) is 8.79. The quantitative estimate of drug-likeness (QED) is 0.194. The highest BCUT2D eigenvalue weighted by Crippen LogP contribution is 2.27. The third-order valence-corrected chi connectivity index (χ3v) is 10.2. The fourth-order valence-corrected chi connectivity index (χ4v) is 6.58. The van der Waals surface area contributed by atoms with E-state index in [9.17, 15) is 4.79 Å². The average molecular weight is 395 g/mol. The van der Waals surface area contributed by atoms with Crippen molar-refractivity contribution in [3.05, 3.63) is 35.5 Å². The molecule has 0 aromatic rings. The molecule has 0 rings (SSSR count). The number of allylic oxidation sites excluding steroid dienone is 4. The lowest BCUT2D eigenvalue weighted by molar-refractivity contribution is -0.136. The molecule has 0 aliphatic carbocycles. The number of rotatable bonds is 14. The van der Waals surface area contributed by atoms with E-state index in [0.29, 0.717) is 12.3 Å². The predicted molar refractivity (Wildman–Crippen MR) is 120 cm³/mol. The van der Waals surface area contributed by atoms with Crippen molar-refractivity contribution in [2.75, 3.05) is 0 Å². The molecule has 0 radical (unpaired) electrons. The molecule has 1 N–H and O–H groups in total. The highest BCUT2D eigenvalue weighted by atomic mass is 28.4. The van der Waals surface area contributed by atoms with E-state index in [1.165, 1.54) is 23.7 Å². The van der Waals surface area contributed by atoms with E-state index >= 15 is 0 Å². The SMILES string of the molecule is C=C(/C=C(\C)[C@@H](CC)O[Si](CC)(CC)CC)C[C@H](C)/C=C(\C)CCC(=O)O. The highest BCUT2D eigenvalue weighted by molar-refractivity contribution is 6.73. The Kier molecular flexibility index (Phi) is 12.6. The van der Waals surface area contributed by atoms with Gasteiger partial charge in [0.15, 0.2) is 8.32 Å². The maximum atomic E-state index is 10.7. The summed E-state index contributed by atoms with van der Waals surface area (Å²) in [5.74, 6) is -0.387. The smallest absolute Gasteiger partial charge is 0.303 e. The maximum absolute atomic E-state index is 10.7. The number of hydrogen-bond acceptors (Lipinski definition) is 2. The number of carboxylic acids is 1. The summed E-state index contributed by atoms with van der Waals surface area (Å²) < 4.78 is 6.68. The fraction of sp³-hybridized carbons (Fsp3) is 0.696. The summed E-state index contributed by atoms with van der Waals surface area (Å²) >= 11 is 0. The van der Waals surface area contributed by atoms with Crippen LogP contribution < -0.4 is 0 Å². The van der Waals surface area contributed by atoms with Gasteiger partial charge in [-0.3, -0.25) is 4.79 Å². The van der Waals surface area contributed by atoms with E-state index in [1.807, 2.05) is 6.92 Å². The van der Waals surface area contributed by atoms with Gasteiger partial charge in [0.25, 0.3) is 0 Å². The number of carboxylic acid groups (broad SMARTS) is 1. The van der Waals surface area contributed by atoms with Gasteiger partial charge in [-0.1, -0.05) is 64.5 Å². The van der Waals surface area contributed by atoms with Crippen molar-refractivity contribution >= 4 is 14.3 Å². The van der Waals surface area contributed by atoms with Crippen LogP contribution in [0.3, 0.4) is 0 Å². The van der Waals surface area contributed by atoms with Crippen molar-refractivity contribution in [1.29, 1.82) is 0 Å². The van der Waals surface area contributed by atoms with Gasteiger partial charge in [-0.05, 0) is 62.7 Å². The normalized spacial score (nSPS) is 15.5. The summed E-state index contributed by atoms with van der Waals surface area (Å²) in [6, 6.07) is 3.51. The molecule has 0 amide bonds. The predicted octanol–water partition coefficient (Wildman–Crippen LogP) is 7.13. The summed E-state index contributed by atoms with van der Waals surface area (Å²) in [7, 11) is -1.62. The van der Waals surface area contributed by atoms with Gasteiger partial charge >= 0.3 is 5.97 Å². The van der Waals surface area contributed by atoms with Crippen LogP contribution in [-0.2, 0) is 9.22 Å². The van der Waals surface area contributed by atoms with Crippen molar-refractivity contribution in [2.45, 2.75) is 98.4 Å². The third kappa shape index (κ3) is 10.1. The minimum absolute atomic E-state index is 0.191. The number of carbonyl (C=O) groups is 1. The van der Waals surface area contributed by atoms with Gasteiger partial charge in [-0.25, -0.2) is 0 Å². The maximum Gasteiger partial charge on any atom is 0.303 e. The lowest BCUT2D eigenvalue weighted by Crippen LogP contribution is -2.40. The molecule has 0 saturated carbocycles. The molecule has 0 fully saturated rings. The van der Waals surface area contributed by atoms with Gasteiger partial charge in [0.05, 0.1) is 6.10 Å². The fourth-order valence-electron chi connectivity index (χ4n) is 3.62. The van der Waals surface area contributed by atoms with Gasteiger partial charge < -0.3 is 9.53 Å². The van der Waals surface area contributed by atoms with Crippen LogP contribution in [0.5, 0.6) is 0 Å². The van der Waals surface area contributed by atoms with Gasteiger partial charge in [0.2, 0.25) is 0 Å². The van der Waals surface area contributed by atoms with Crippen molar-refractivity contribution in [3.63, 3.8) is 0 Å². The Morgan fingerprint density at radius 1 is 1.11 bits per heavy atom. The van der Waals surface area contributed by atoms with Crippen molar-refractivity contribution in [3.8, 4) is 0 Å². The lowest BCUT2D eigenvalue weighted by Gasteiger charge is -2.33. The average Bonchev–Trinajstić information content (AvgIpc) is 2.61. The molecule has 4 heteroatoms. The molecule has 0 saturated heterocycles. The molecule has 0 aliphatic heterocycles. The molecular weight excluding hydrogens is 352 g/mol. The van der Waals surface area contributed by atoms with E-state index < -0.39 is 14.3 Å². The standard InChI is InChI=1S/C23H42O3Si/c1-9-22(26-27(10-2,11-3)12-4)21(8)17-20(7)16-19(6)15-18(5)13-14-23(24)25/h15,17,19,22H,7,9-14,16H2,1-6,8H3,(H,24,25)/b18-15+,21-17+/t19-,22-/m1/s1. The van der Waals surface area contributed by atoms with E-state index in [2.05, 4.69) is 60.3 Å². The van der Waals surface area contributed by atoms with Crippen molar-refractivity contribution < 1.29 is 14.3 Å². The Hall–Kier alpha value is -1.13. The first-order chi connectivity index (χ1) is 12.6. The Bertz CT molecular complexity index is 521. The first-order valence-corrected chi connectivity index (χ1v) is 13.1. The Morgan fingerprint density at radius 2 is 1.67 bits per heavy atom. The lowest BCUT2D eigenvalue weighted by atomic mass is 9.96. The summed E-state index contributed by atoms with van der Waals surface area (Å²) in [4.78, 5) is 10.7. The molecule has 27 heavy (non-hydrogen) atoms. The topological polar surface area (TPSA) is 46.5 Å². The van der Waals surface area contributed by atoms with Gasteiger partial charge in [-0.15, -0.1) is 0 Å². The van der Waals surface area contributed by atoms with Crippen LogP contribution in [0.1, 0.15) is 74.1 Å². The van der Waals surface area contributed by atoms with Crippen molar-refractivity contribution in [2.24, 2.45) is 5.92 Å². The summed E-state index contributed by atoms with van der Waals surface area (Å²) in [6.07, 6.45) is 7.26. The molecule has 0 bridgehead atoms. The molecule has 0 heterocycles. The molecule has 2 atom stereocenters. The van der Waals surface area contributed by atoms with E-state index in [4.69, 9.17) is 9.53 Å². The largest absolute Gasteiger partial charge is 0.481 e. The molecule has 0 spiro atoms. The third-order valence-electron chi connectivity index (χ3n) is 5.52. The number of aliphatic carboxylic acids is 1. The van der Waals surface area contributed by atoms with Crippen LogP contribution in [0, 0.1) is 5.92 Å². The monoisotopic (exact) mass is 394 g/mol. The van der Waals surface area contributed by atoms with Crippen LogP contribution in [0.15, 0.2) is 35.5 Å². The van der Waals surface area contributed by atoms with E-state index in [-0.39, 0.29) is 12.5 Å². The zero-order valence-corrected chi connectivity index (χ0v) is 19.7. The van der Waals surface area contributed by atoms with Crippen LogP contribution in [0.4, 0.5) is 0 Å². The van der Waals surface area contributed by atoms with Gasteiger partial charge in [0, 0.05) is 6.42 Å². The number of hydrogen-bond donors (Lipinski definition) is 1. The molecule has 0 unspecified atom stereocenters. The Balaban J connectivity index is 4.92. The second-order valence-corrected chi connectivity index (χ2v) is 12.6. The van der Waals surface area contributed by atoms with Crippen LogP contribution >= 0.6 is 0 Å². The summed E-state index contributed by atoms with van der Waals surface area (Å²) in [6.45, 7) is 19.6. The highest BCUT2D eigenvalue weighted by Gasteiger charge is 2.31. The first kappa shape index (κ1) is 25.9. The minimum atomic E-state index is -1.62. The van der Waals surface area contributed by atoms with Crippen LogP contribution in [0.25, 0.3) is 0 Å². The molecule has 0 aromatic heterocycles. The minimum Gasteiger partial charge on any atom is -0.481 e. The first-order valence-electron chi connectivity index (χ1n) is 10.6. The van der Waals surface area contributed by atoms with E-state index in [0.717, 1.165) is 24.0 Å². The zero-order chi connectivity index (χ0) is 21.0. The Morgan fingerprint density at radius 3 is 2.11 bits per heavy atom. The molecule has 156 valence electrons.